The van der Waals surface area contributed by atoms with E-state index in [2.05, 4.69) is 0 Å². The van der Waals surface area contributed by atoms with Gasteiger partial charge in [-0.2, -0.15) is 0 Å². The highest BCUT2D eigenvalue weighted by Crippen LogP contribution is 2.11. The van der Waals surface area contributed by atoms with E-state index in [1.165, 1.54) is 0 Å². The van der Waals surface area contributed by atoms with E-state index < -0.39 is 6.29 Å². The summed E-state index contributed by atoms with van der Waals surface area (Å²) in [4.78, 5) is 11.5. The van der Waals surface area contributed by atoms with Gasteiger partial charge in [0.05, 0.1) is 18.3 Å². The Morgan fingerprint density at radius 3 is 2.81 bits per heavy atom. The molecular formula is C12H14O4. The SMILES string of the molecule is CC1CO[C@@H](COC(=O)c2ccccc2)O1. The van der Waals surface area contributed by atoms with Crippen molar-refractivity contribution >= 4 is 5.97 Å². The molecule has 16 heavy (non-hydrogen) atoms. The van der Waals surface area contributed by atoms with Crippen molar-refractivity contribution in [3.63, 3.8) is 0 Å². The molecule has 0 spiro atoms. The first-order valence-electron chi connectivity index (χ1n) is 5.25. The second kappa shape index (κ2) is 5.09. The number of benzene rings is 1. The van der Waals surface area contributed by atoms with Gasteiger partial charge < -0.3 is 14.2 Å². The molecule has 0 aromatic heterocycles. The van der Waals surface area contributed by atoms with E-state index >= 15 is 0 Å². The molecule has 1 aromatic rings. The van der Waals surface area contributed by atoms with Crippen LogP contribution in [0, 0.1) is 0 Å². The third-order valence-corrected chi connectivity index (χ3v) is 2.26. The highest BCUT2D eigenvalue weighted by molar-refractivity contribution is 5.89. The largest absolute Gasteiger partial charge is 0.457 e. The van der Waals surface area contributed by atoms with Gasteiger partial charge in [0, 0.05) is 0 Å². The molecule has 0 N–H and O–H groups in total. The van der Waals surface area contributed by atoms with Crippen LogP contribution in [0.3, 0.4) is 0 Å². The van der Waals surface area contributed by atoms with Gasteiger partial charge in [-0.1, -0.05) is 18.2 Å². The van der Waals surface area contributed by atoms with Crippen LogP contribution in [-0.4, -0.2) is 31.6 Å². The molecule has 1 saturated heterocycles. The summed E-state index contributed by atoms with van der Waals surface area (Å²) in [6, 6.07) is 8.85. The van der Waals surface area contributed by atoms with Gasteiger partial charge in [-0.3, -0.25) is 0 Å². The molecule has 2 atom stereocenters. The molecule has 1 unspecified atom stereocenters. The van der Waals surface area contributed by atoms with Gasteiger partial charge in [0.25, 0.3) is 0 Å². The molecule has 0 amide bonds. The molecule has 1 aliphatic heterocycles. The second-order valence-electron chi connectivity index (χ2n) is 3.67. The maximum Gasteiger partial charge on any atom is 0.338 e. The first-order valence-corrected chi connectivity index (χ1v) is 5.25. The average molecular weight is 222 g/mol. The lowest BCUT2D eigenvalue weighted by Gasteiger charge is -2.10. The summed E-state index contributed by atoms with van der Waals surface area (Å²) in [6.07, 6.45) is -0.358. The number of hydrogen-bond acceptors (Lipinski definition) is 4. The van der Waals surface area contributed by atoms with Crippen LogP contribution < -0.4 is 0 Å². The van der Waals surface area contributed by atoms with Crippen molar-refractivity contribution in [3.05, 3.63) is 35.9 Å². The Morgan fingerprint density at radius 2 is 2.19 bits per heavy atom. The molecule has 4 heteroatoms. The van der Waals surface area contributed by atoms with E-state index in [0.29, 0.717) is 12.2 Å². The van der Waals surface area contributed by atoms with Gasteiger partial charge in [-0.15, -0.1) is 0 Å². The minimum absolute atomic E-state index is 0.0698. The lowest BCUT2D eigenvalue weighted by Crippen LogP contribution is -2.20. The van der Waals surface area contributed by atoms with Gasteiger partial charge in [0.1, 0.15) is 6.61 Å². The monoisotopic (exact) mass is 222 g/mol. The minimum atomic E-state index is -0.428. The quantitative estimate of drug-likeness (QED) is 0.729. The summed E-state index contributed by atoms with van der Waals surface area (Å²) >= 11 is 0. The van der Waals surface area contributed by atoms with Gasteiger partial charge in [0.2, 0.25) is 0 Å². The zero-order chi connectivity index (χ0) is 11.4. The Bertz CT molecular complexity index is 349. The maximum absolute atomic E-state index is 11.5. The van der Waals surface area contributed by atoms with Crippen molar-refractivity contribution < 1.29 is 19.0 Å². The third kappa shape index (κ3) is 2.81. The number of rotatable bonds is 3. The molecule has 1 fully saturated rings. The van der Waals surface area contributed by atoms with Crippen molar-refractivity contribution in [1.29, 1.82) is 0 Å². The predicted molar refractivity (Wildman–Crippen MR) is 57.0 cm³/mol. The Morgan fingerprint density at radius 1 is 1.44 bits per heavy atom. The van der Waals surface area contributed by atoms with Gasteiger partial charge in [-0.25, -0.2) is 4.79 Å². The van der Waals surface area contributed by atoms with Crippen LogP contribution >= 0.6 is 0 Å². The summed E-state index contributed by atoms with van der Waals surface area (Å²) in [5.41, 5.74) is 0.536. The zero-order valence-electron chi connectivity index (χ0n) is 9.09. The molecule has 0 radical (unpaired) electrons. The fourth-order valence-corrected chi connectivity index (χ4v) is 1.47. The number of carbonyl (C=O) groups excluding carboxylic acids is 1. The molecule has 2 rings (SSSR count). The van der Waals surface area contributed by atoms with Gasteiger partial charge in [-0.05, 0) is 19.1 Å². The number of carbonyl (C=O) groups is 1. The Hall–Kier alpha value is -1.39. The van der Waals surface area contributed by atoms with Gasteiger partial charge >= 0.3 is 5.97 Å². The molecule has 1 aromatic carbocycles. The molecule has 0 bridgehead atoms. The third-order valence-electron chi connectivity index (χ3n) is 2.26. The smallest absolute Gasteiger partial charge is 0.338 e. The Kier molecular flexibility index (Phi) is 3.54. The van der Waals surface area contributed by atoms with Crippen molar-refractivity contribution in [1.82, 2.24) is 0 Å². The van der Waals surface area contributed by atoms with Crippen molar-refractivity contribution in [2.24, 2.45) is 0 Å². The fraction of sp³-hybridized carbons (Fsp3) is 0.417. The zero-order valence-corrected chi connectivity index (χ0v) is 9.09. The Balaban J connectivity index is 1.80. The van der Waals surface area contributed by atoms with E-state index in [4.69, 9.17) is 14.2 Å². The van der Waals surface area contributed by atoms with Crippen LogP contribution in [0.2, 0.25) is 0 Å². The normalized spacial score (nSPS) is 24.3. The molecule has 86 valence electrons. The summed E-state index contributed by atoms with van der Waals surface area (Å²) < 4.78 is 15.7. The van der Waals surface area contributed by atoms with Crippen LogP contribution in [-0.2, 0) is 14.2 Å². The van der Waals surface area contributed by atoms with E-state index in [0.717, 1.165) is 0 Å². The van der Waals surface area contributed by atoms with Crippen LogP contribution in [0.5, 0.6) is 0 Å². The lowest BCUT2D eigenvalue weighted by atomic mass is 10.2. The van der Waals surface area contributed by atoms with Crippen LogP contribution in [0.15, 0.2) is 30.3 Å². The first-order chi connectivity index (χ1) is 7.75. The summed E-state index contributed by atoms with van der Waals surface area (Å²) in [7, 11) is 0. The number of hydrogen-bond donors (Lipinski definition) is 0. The topological polar surface area (TPSA) is 44.8 Å². The predicted octanol–water partition coefficient (Wildman–Crippen LogP) is 1.60. The molecular weight excluding hydrogens is 208 g/mol. The summed E-state index contributed by atoms with van der Waals surface area (Å²) in [6.45, 7) is 2.60. The van der Waals surface area contributed by atoms with Crippen molar-refractivity contribution in [2.75, 3.05) is 13.2 Å². The molecule has 0 saturated carbocycles. The van der Waals surface area contributed by atoms with Crippen LogP contribution in [0.25, 0.3) is 0 Å². The minimum Gasteiger partial charge on any atom is -0.457 e. The molecule has 1 aliphatic rings. The highest BCUT2D eigenvalue weighted by Gasteiger charge is 2.23. The van der Waals surface area contributed by atoms with Crippen LogP contribution in [0.1, 0.15) is 17.3 Å². The van der Waals surface area contributed by atoms with E-state index in [9.17, 15) is 4.79 Å². The average Bonchev–Trinajstić information content (AvgIpc) is 2.73. The maximum atomic E-state index is 11.5. The Labute approximate surface area is 94.1 Å². The first kappa shape index (κ1) is 11.1. The highest BCUT2D eigenvalue weighted by atomic mass is 16.7. The van der Waals surface area contributed by atoms with Crippen molar-refractivity contribution in [3.8, 4) is 0 Å². The summed E-state index contributed by atoms with van der Waals surface area (Å²) in [5, 5.41) is 0. The van der Waals surface area contributed by atoms with Crippen molar-refractivity contribution in [2.45, 2.75) is 19.3 Å². The molecule has 1 heterocycles. The number of esters is 1. The lowest BCUT2D eigenvalue weighted by molar-refractivity contribution is -0.0904. The number of ether oxygens (including phenoxy) is 3. The van der Waals surface area contributed by atoms with E-state index in [-0.39, 0.29) is 18.7 Å². The molecule has 4 nitrogen and oxygen atoms in total. The van der Waals surface area contributed by atoms with E-state index in [1.807, 2.05) is 13.0 Å². The van der Waals surface area contributed by atoms with Gasteiger partial charge in [0.15, 0.2) is 6.29 Å². The fourth-order valence-electron chi connectivity index (χ4n) is 1.47. The standard InChI is InChI=1S/C12H14O4/c1-9-7-14-11(16-9)8-15-12(13)10-5-3-2-4-6-10/h2-6,9,11H,7-8H2,1H3/t9?,11-/m1/s1. The second-order valence-corrected chi connectivity index (χ2v) is 3.67. The summed E-state index contributed by atoms with van der Waals surface area (Å²) in [5.74, 6) is -0.354. The molecule has 0 aliphatic carbocycles. The van der Waals surface area contributed by atoms with E-state index in [1.54, 1.807) is 24.3 Å². The van der Waals surface area contributed by atoms with Crippen LogP contribution in [0.4, 0.5) is 0 Å².